The summed E-state index contributed by atoms with van der Waals surface area (Å²) < 4.78 is 0. The maximum atomic E-state index is 10.8. The van der Waals surface area contributed by atoms with Crippen LogP contribution in [0.5, 0.6) is 0 Å². The molecule has 2 rings (SSSR count). The average molecular weight is 177 g/mol. The van der Waals surface area contributed by atoms with Crippen molar-refractivity contribution in [3.8, 4) is 0 Å². The molecule has 1 aliphatic rings. The van der Waals surface area contributed by atoms with E-state index in [2.05, 4.69) is 0 Å². The van der Waals surface area contributed by atoms with Gasteiger partial charge >= 0.3 is 0 Å². The van der Waals surface area contributed by atoms with Crippen LogP contribution in [0.3, 0.4) is 0 Å². The van der Waals surface area contributed by atoms with Gasteiger partial charge < -0.3 is 10.0 Å². The molecule has 68 valence electrons. The first-order chi connectivity index (χ1) is 6.36. The molecule has 0 aliphatic carbocycles. The van der Waals surface area contributed by atoms with Gasteiger partial charge in [-0.1, -0.05) is 18.2 Å². The van der Waals surface area contributed by atoms with E-state index in [1.807, 2.05) is 24.3 Å². The smallest absolute Gasteiger partial charge is 0.214 e. The highest BCUT2D eigenvalue weighted by Gasteiger charge is 2.27. The molecular formula is C10H11NO2. The van der Waals surface area contributed by atoms with E-state index in [-0.39, 0.29) is 12.6 Å². The molecule has 3 heteroatoms. The van der Waals surface area contributed by atoms with Crippen LogP contribution in [-0.2, 0) is 11.2 Å². The lowest BCUT2D eigenvalue weighted by atomic mass is 10.1. The summed E-state index contributed by atoms with van der Waals surface area (Å²) >= 11 is 0. The fraction of sp³-hybridized carbons (Fsp3) is 0.300. The van der Waals surface area contributed by atoms with E-state index in [0.717, 1.165) is 24.1 Å². The number of hydrogen-bond donors (Lipinski definition) is 1. The number of para-hydroxylation sites is 1. The summed E-state index contributed by atoms with van der Waals surface area (Å²) in [6.45, 7) is 0.0212. The van der Waals surface area contributed by atoms with E-state index < -0.39 is 0 Å². The molecule has 0 saturated heterocycles. The molecule has 1 N–H and O–H groups in total. The van der Waals surface area contributed by atoms with Gasteiger partial charge in [-0.15, -0.1) is 0 Å². The van der Waals surface area contributed by atoms with Crippen LogP contribution >= 0.6 is 0 Å². The molecule has 0 aromatic heterocycles. The predicted octanol–water partition coefficient (Wildman–Crippen LogP) is 0.566. The Morgan fingerprint density at radius 2 is 2.31 bits per heavy atom. The minimum Gasteiger partial charge on any atom is -0.394 e. The van der Waals surface area contributed by atoms with Gasteiger partial charge in [-0.3, -0.25) is 4.79 Å². The standard InChI is InChI=1S/C10H11NO2/c12-6-9-5-8-3-1-2-4-10(8)11(9)7-13/h1-4,7,9,12H,5-6H2. The molecule has 1 aliphatic heterocycles. The van der Waals surface area contributed by atoms with E-state index >= 15 is 0 Å². The number of carbonyl (C=O) groups excluding carboxylic acids is 1. The quantitative estimate of drug-likeness (QED) is 0.671. The summed E-state index contributed by atoms with van der Waals surface area (Å²) in [4.78, 5) is 12.3. The molecule has 0 spiro atoms. The first-order valence-electron chi connectivity index (χ1n) is 4.29. The van der Waals surface area contributed by atoms with Crippen molar-refractivity contribution in [1.82, 2.24) is 0 Å². The predicted molar refractivity (Wildman–Crippen MR) is 49.6 cm³/mol. The van der Waals surface area contributed by atoms with Gasteiger partial charge in [0.2, 0.25) is 6.41 Å². The van der Waals surface area contributed by atoms with Crippen molar-refractivity contribution < 1.29 is 9.90 Å². The summed E-state index contributed by atoms with van der Waals surface area (Å²) in [5, 5.41) is 9.04. The van der Waals surface area contributed by atoms with Crippen LogP contribution in [0.2, 0.25) is 0 Å². The lowest BCUT2D eigenvalue weighted by molar-refractivity contribution is -0.107. The number of aliphatic hydroxyl groups is 1. The highest BCUT2D eigenvalue weighted by molar-refractivity contribution is 5.80. The summed E-state index contributed by atoms with van der Waals surface area (Å²) in [7, 11) is 0. The Morgan fingerprint density at radius 1 is 1.54 bits per heavy atom. The first-order valence-corrected chi connectivity index (χ1v) is 4.29. The number of rotatable bonds is 2. The highest BCUT2D eigenvalue weighted by atomic mass is 16.3. The minimum absolute atomic E-state index is 0.0212. The number of aliphatic hydroxyl groups excluding tert-OH is 1. The zero-order chi connectivity index (χ0) is 9.26. The second-order valence-corrected chi connectivity index (χ2v) is 3.18. The van der Waals surface area contributed by atoms with Crippen molar-refractivity contribution in [2.24, 2.45) is 0 Å². The largest absolute Gasteiger partial charge is 0.394 e. The second kappa shape index (κ2) is 3.18. The van der Waals surface area contributed by atoms with Crippen molar-refractivity contribution >= 4 is 12.1 Å². The molecule has 0 fully saturated rings. The lowest BCUT2D eigenvalue weighted by Gasteiger charge is -2.17. The van der Waals surface area contributed by atoms with E-state index in [9.17, 15) is 4.79 Å². The van der Waals surface area contributed by atoms with Crippen molar-refractivity contribution in [2.45, 2.75) is 12.5 Å². The molecule has 1 aromatic carbocycles. The Hall–Kier alpha value is -1.35. The number of fused-ring (bicyclic) bond motifs is 1. The zero-order valence-electron chi connectivity index (χ0n) is 7.18. The van der Waals surface area contributed by atoms with Gasteiger partial charge in [0.15, 0.2) is 0 Å². The van der Waals surface area contributed by atoms with Gasteiger partial charge in [-0.25, -0.2) is 0 Å². The van der Waals surface area contributed by atoms with Gasteiger partial charge in [0.25, 0.3) is 0 Å². The molecule has 1 heterocycles. The summed E-state index contributed by atoms with van der Waals surface area (Å²) in [6, 6.07) is 7.66. The number of benzene rings is 1. The van der Waals surface area contributed by atoms with Crippen molar-refractivity contribution in [2.75, 3.05) is 11.5 Å². The van der Waals surface area contributed by atoms with Crippen LogP contribution in [0.15, 0.2) is 24.3 Å². The van der Waals surface area contributed by atoms with Crippen LogP contribution in [0.25, 0.3) is 0 Å². The van der Waals surface area contributed by atoms with Gasteiger partial charge in [0.05, 0.1) is 12.6 Å². The number of nitrogens with zero attached hydrogens (tertiary/aromatic N) is 1. The van der Waals surface area contributed by atoms with E-state index in [1.54, 1.807) is 4.90 Å². The van der Waals surface area contributed by atoms with E-state index in [4.69, 9.17) is 5.11 Å². The van der Waals surface area contributed by atoms with Crippen molar-refractivity contribution in [3.63, 3.8) is 0 Å². The normalized spacial score (nSPS) is 20.1. The third-order valence-electron chi connectivity index (χ3n) is 2.44. The minimum atomic E-state index is -0.0742. The SMILES string of the molecule is O=CN1c2ccccc2CC1CO. The second-order valence-electron chi connectivity index (χ2n) is 3.18. The van der Waals surface area contributed by atoms with Crippen LogP contribution in [0.1, 0.15) is 5.56 Å². The zero-order valence-corrected chi connectivity index (χ0v) is 7.18. The Balaban J connectivity index is 2.39. The van der Waals surface area contributed by atoms with Gasteiger partial charge in [-0.2, -0.15) is 0 Å². The van der Waals surface area contributed by atoms with Crippen LogP contribution in [0.4, 0.5) is 5.69 Å². The van der Waals surface area contributed by atoms with Gasteiger partial charge in [0, 0.05) is 5.69 Å². The highest BCUT2D eigenvalue weighted by Crippen LogP contribution is 2.30. The van der Waals surface area contributed by atoms with Gasteiger partial charge in [0.1, 0.15) is 0 Å². The molecule has 1 amide bonds. The molecule has 13 heavy (non-hydrogen) atoms. The van der Waals surface area contributed by atoms with Crippen LogP contribution in [-0.4, -0.2) is 24.2 Å². The molecule has 3 nitrogen and oxygen atoms in total. The number of hydrogen-bond acceptors (Lipinski definition) is 2. The third-order valence-corrected chi connectivity index (χ3v) is 2.44. The molecule has 1 unspecified atom stereocenters. The molecular weight excluding hydrogens is 166 g/mol. The Morgan fingerprint density at radius 3 is 3.00 bits per heavy atom. The van der Waals surface area contributed by atoms with Crippen molar-refractivity contribution in [3.05, 3.63) is 29.8 Å². The molecule has 0 bridgehead atoms. The summed E-state index contributed by atoms with van der Waals surface area (Å²) in [6.07, 6.45) is 1.54. The molecule has 0 radical (unpaired) electrons. The van der Waals surface area contributed by atoms with Gasteiger partial charge in [-0.05, 0) is 18.1 Å². The third kappa shape index (κ3) is 1.21. The Kier molecular flexibility index (Phi) is 2.02. The molecule has 1 atom stereocenters. The first kappa shape index (κ1) is 8.26. The monoisotopic (exact) mass is 177 g/mol. The fourth-order valence-corrected chi connectivity index (χ4v) is 1.78. The maximum absolute atomic E-state index is 10.8. The Labute approximate surface area is 76.6 Å². The maximum Gasteiger partial charge on any atom is 0.214 e. The van der Waals surface area contributed by atoms with E-state index in [1.165, 1.54) is 0 Å². The van der Waals surface area contributed by atoms with Crippen LogP contribution < -0.4 is 4.90 Å². The summed E-state index contributed by atoms with van der Waals surface area (Å²) in [5.41, 5.74) is 2.06. The number of amides is 1. The molecule has 1 aromatic rings. The summed E-state index contributed by atoms with van der Waals surface area (Å²) in [5.74, 6) is 0. The fourth-order valence-electron chi connectivity index (χ4n) is 1.78. The average Bonchev–Trinajstić information content (AvgIpc) is 2.55. The van der Waals surface area contributed by atoms with Crippen molar-refractivity contribution in [1.29, 1.82) is 0 Å². The lowest BCUT2D eigenvalue weighted by Crippen LogP contribution is -2.33. The number of anilines is 1. The van der Waals surface area contributed by atoms with Crippen LogP contribution in [0, 0.1) is 0 Å². The Bertz CT molecular complexity index is 324. The topological polar surface area (TPSA) is 40.5 Å². The van der Waals surface area contributed by atoms with E-state index in [0.29, 0.717) is 0 Å². The molecule has 0 saturated carbocycles. The number of carbonyl (C=O) groups is 1.